The molecule has 0 fully saturated rings. The van der Waals surface area contributed by atoms with Gasteiger partial charge >= 0.3 is 0 Å². The van der Waals surface area contributed by atoms with Crippen molar-refractivity contribution in [2.75, 3.05) is 27.2 Å². The standard InChI is InChI=1S/C38H78NO/c1-5-7-9-11-13-15-17-19-21-22-23-25-27-29-31-33-35-38(40)37-39(3,4)36-34-32-30-28-26-24-20-18-16-14-12-10-8-6-2/h19,21,38,40H,5-18,20,22-37H2,1-4H3/q+1/b21-19-. The van der Waals surface area contributed by atoms with Gasteiger partial charge in [-0.15, -0.1) is 0 Å². The molecule has 2 heteroatoms. The SMILES string of the molecule is CCCCCCCC/C=C\CCCCCCCCC(O)C[N+](C)(C)CCCCCCCCCCCCCCCC. The molecule has 0 heterocycles. The zero-order chi connectivity index (χ0) is 29.4. The summed E-state index contributed by atoms with van der Waals surface area (Å²) in [6.45, 7) is 6.72. The average molecular weight is 565 g/mol. The monoisotopic (exact) mass is 565 g/mol. The predicted octanol–water partition coefficient (Wildman–Crippen LogP) is 12.3. The zero-order valence-corrected chi connectivity index (χ0v) is 28.5. The van der Waals surface area contributed by atoms with Crippen molar-refractivity contribution in [3.8, 4) is 0 Å². The Hall–Kier alpha value is -0.340. The number of hydrogen-bond acceptors (Lipinski definition) is 1. The van der Waals surface area contributed by atoms with Gasteiger partial charge < -0.3 is 9.59 Å². The Balaban J connectivity index is 3.44. The lowest BCUT2D eigenvalue weighted by atomic mass is 10.0. The summed E-state index contributed by atoms with van der Waals surface area (Å²) in [4.78, 5) is 0. The highest BCUT2D eigenvalue weighted by Gasteiger charge is 2.19. The number of nitrogens with zero attached hydrogens (tertiary/aromatic N) is 1. The molecule has 0 aliphatic heterocycles. The van der Waals surface area contributed by atoms with Gasteiger partial charge in [-0.1, -0.05) is 167 Å². The second-order valence-corrected chi connectivity index (χ2v) is 13.8. The van der Waals surface area contributed by atoms with Crippen molar-refractivity contribution < 1.29 is 9.59 Å². The van der Waals surface area contributed by atoms with Gasteiger partial charge in [0, 0.05) is 0 Å². The van der Waals surface area contributed by atoms with Gasteiger partial charge in [-0.3, -0.25) is 0 Å². The molecule has 0 saturated heterocycles. The maximum absolute atomic E-state index is 10.6. The van der Waals surface area contributed by atoms with Crippen LogP contribution in [0.25, 0.3) is 0 Å². The molecule has 1 N–H and O–H groups in total. The van der Waals surface area contributed by atoms with E-state index in [4.69, 9.17) is 0 Å². The van der Waals surface area contributed by atoms with Crippen LogP contribution in [0.4, 0.5) is 0 Å². The molecule has 0 bridgehead atoms. The van der Waals surface area contributed by atoms with Crippen molar-refractivity contribution in [3.05, 3.63) is 12.2 Å². The molecule has 0 radical (unpaired) electrons. The third-order valence-corrected chi connectivity index (χ3v) is 8.87. The quantitative estimate of drug-likeness (QED) is 0.0477. The maximum Gasteiger partial charge on any atom is 0.105 e. The largest absolute Gasteiger partial charge is 0.387 e. The highest BCUT2D eigenvalue weighted by molar-refractivity contribution is 4.81. The summed E-state index contributed by atoms with van der Waals surface area (Å²) in [6.07, 6.45) is 44.4. The lowest BCUT2D eigenvalue weighted by molar-refractivity contribution is -0.893. The lowest BCUT2D eigenvalue weighted by Gasteiger charge is -2.32. The van der Waals surface area contributed by atoms with Crippen molar-refractivity contribution in [1.29, 1.82) is 0 Å². The van der Waals surface area contributed by atoms with Crippen LogP contribution in [0.3, 0.4) is 0 Å². The van der Waals surface area contributed by atoms with Crippen LogP contribution < -0.4 is 0 Å². The third-order valence-electron chi connectivity index (χ3n) is 8.87. The third kappa shape index (κ3) is 32.2. The van der Waals surface area contributed by atoms with Crippen LogP contribution in [0.1, 0.15) is 200 Å². The Morgan fingerprint density at radius 1 is 0.450 bits per heavy atom. The fourth-order valence-corrected chi connectivity index (χ4v) is 6.11. The molecule has 40 heavy (non-hydrogen) atoms. The van der Waals surface area contributed by atoms with Crippen molar-refractivity contribution in [2.24, 2.45) is 0 Å². The number of unbranched alkanes of at least 4 members (excludes halogenated alkanes) is 25. The number of quaternary nitrogens is 1. The number of allylic oxidation sites excluding steroid dienone is 2. The average Bonchev–Trinajstić information content (AvgIpc) is 2.92. The van der Waals surface area contributed by atoms with E-state index in [0.29, 0.717) is 0 Å². The first kappa shape index (κ1) is 39.7. The summed E-state index contributed by atoms with van der Waals surface area (Å²) >= 11 is 0. The Morgan fingerprint density at radius 2 is 0.775 bits per heavy atom. The first-order valence-electron chi connectivity index (χ1n) is 18.7. The van der Waals surface area contributed by atoms with Crippen molar-refractivity contribution in [2.45, 2.75) is 206 Å². The van der Waals surface area contributed by atoms with Crippen LogP contribution in [0.2, 0.25) is 0 Å². The van der Waals surface area contributed by atoms with E-state index < -0.39 is 0 Å². The van der Waals surface area contributed by atoms with Crippen molar-refractivity contribution >= 4 is 0 Å². The first-order chi connectivity index (χ1) is 19.5. The van der Waals surface area contributed by atoms with Crippen LogP contribution in [0, 0.1) is 0 Å². The van der Waals surface area contributed by atoms with Gasteiger partial charge in [0.15, 0.2) is 0 Å². The summed E-state index contributed by atoms with van der Waals surface area (Å²) in [5.41, 5.74) is 0. The summed E-state index contributed by atoms with van der Waals surface area (Å²) in [7, 11) is 4.63. The smallest absolute Gasteiger partial charge is 0.105 e. The minimum atomic E-state index is -0.126. The normalized spacial score (nSPS) is 13.0. The zero-order valence-electron chi connectivity index (χ0n) is 28.5. The van der Waals surface area contributed by atoms with E-state index in [0.717, 1.165) is 17.4 Å². The predicted molar refractivity (Wildman–Crippen MR) is 182 cm³/mol. The number of rotatable bonds is 33. The molecule has 0 aromatic rings. The Bertz CT molecular complexity index is 500. The van der Waals surface area contributed by atoms with Gasteiger partial charge in [-0.2, -0.15) is 0 Å². The minimum absolute atomic E-state index is 0.126. The van der Waals surface area contributed by atoms with E-state index in [9.17, 15) is 5.11 Å². The summed E-state index contributed by atoms with van der Waals surface area (Å²) in [5.74, 6) is 0. The number of likely N-dealkylation sites (N-methyl/N-ethyl adjacent to an activating group) is 1. The van der Waals surface area contributed by atoms with Gasteiger partial charge in [-0.25, -0.2) is 0 Å². The molecule has 0 aliphatic rings. The van der Waals surface area contributed by atoms with Gasteiger partial charge in [0.1, 0.15) is 12.6 Å². The van der Waals surface area contributed by atoms with Gasteiger partial charge in [-0.05, 0) is 44.9 Å². The van der Waals surface area contributed by atoms with Crippen LogP contribution >= 0.6 is 0 Å². The van der Waals surface area contributed by atoms with Crippen LogP contribution in [-0.2, 0) is 0 Å². The molecule has 0 spiro atoms. The fraction of sp³-hybridized carbons (Fsp3) is 0.947. The molecule has 0 aliphatic carbocycles. The molecule has 0 aromatic carbocycles. The van der Waals surface area contributed by atoms with E-state index in [1.165, 1.54) is 186 Å². The Labute approximate surface area is 254 Å². The van der Waals surface area contributed by atoms with E-state index in [-0.39, 0.29) is 6.10 Å². The Kier molecular flexibility index (Phi) is 31.3. The Morgan fingerprint density at radius 3 is 1.18 bits per heavy atom. The maximum atomic E-state index is 10.6. The number of hydrogen-bond donors (Lipinski definition) is 1. The topological polar surface area (TPSA) is 20.2 Å². The minimum Gasteiger partial charge on any atom is -0.387 e. The lowest BCUT2D eigenvalue weighted by Crippen LogP contribution is -2.45. The van der Waals surface area contributed by atoms with Crippen molar-refractivity contribution in [1.82, 2.24) is 0 Å². The first-order valence-corrected chi connectivity index (χ1v) is 18.7. The summed E-state index contributed by atoms with van der Waals surface area (Å²) in [5, 5.41) is 10.6. The van der Waals surface area contributed by atoms with Gasteiger partial charge in [0.25, 0.3) is 0 Å². The molecule has 0 rings (SSSR count). The second kappa shape index (κ2) is 31.6. The highest BCUT2D eigenvalue weighted by Crippen LogP contribution is 2.15. The highest BCUT2D eigenvalue weighted by atomic mass is 16.3. The van der Waals surface area contributed by atoms with Gasteiger partial charge in [0.2, 0.25) is 0 Å². The van der Waals surface area contributed by atoms with Crippen LogP contribution in [-0.4, -0.2) is 42.9 Å². The molecule has 240 valence electrons. The van der Waals surface area contributed by atoms with Crippen LogP contribution in [0.5, 0.6) is 0 Å². The number of aliphatic hydroxyl groups excluding tert-OH is 1. The van der Waals surface area contributed by atoms with E-state index in [2.05, 4.69) is 40.1 Å². The summed E-state index contributed by atoms with van der Waals surface area (Å²) < 4.78 is 0.978. The number of aliphatic hydroxyl groups is 1. The molecule has 0 aromatic heterocycles. The molecular weight excluding hydrogens is 486 g/mol. The molecule has 0 saturated carbocycles. The molecule has 2 nitrogen and oxygen atoms in total. The van der Waals surface area contributed by atoms with Crippen molar-refractivity contribution in [3.63, 3.8) is 0 Å². The van der Waals surface area contributed by atoms with E-state index >= 15 is 0 Å². The molecule has 0 amide bonds. The summed E-state index contributed by atoms with van der Waals surface area (Å²) in [6, 6.07) is 0. The van der Waals surface area contributed by atoms with Crippen LogP contribution in [0.15, 0.2) is 12.2 Å². The molecule has 1 unspecified atom stereocenters. The van der Waals surface area contributed by atoms with E-state index in [1.54, 1.807) is 0 Å². The van der Waals surface area contributed by atoms with Gasteiger partial charge in [0.05, 0.1) is 20.6 Å². The van der Waals surface area contributed by atoms with E-state index in [1.807, 2.05) is 0 Å². The molecular formula is C38H78NO+. The molecule has 1 atom stereocenters. The fourth-order valence-electron chi connectivity index (χ4n) is 6.11. The second-order valence-electron chi connectivity index (χ2n) is 13.8.